The third kappa shape index (κ3) is 7.61. The van der Waals surface area contributed by atoms with E-state index in [0.29, 0.717) is 13.0 Å². The largest absolute Gasteiger partial charge is 0.573 e. The van der Waals surface area contributed by atoms with Gasteiger partial charge in [-0.1, -0.05) is 48.5 Å². The fraction of sp³-hybridized carbons (Fsp3) is 0.304. The van der Waals surface area contributed by atoms with Crippen molar-refractivity contribution in [1.29, 1.82) is 0 Å². The zero-order chi connectivity index (χ0) is 24.6. The fourth-order valence-corrected chi connectivity index (χ4v) is 3.15. The minimum atomic E-state index is -4.86. The molecule has 1 aliphatic rings. The van der Waals surface area contributed by atoms with Gasteiger partial charge in [-0.2, -0.15) is 5.10 Å². The summed E-state index contributed by atoms with van der Waals surface area (Å²) in [6, 6.07) is 14.8. The first-order chi connectivity index (χ1) is 16.2. The van der Waals surface area contributed by atoms with E-state index < -0.39 is 30.6 Å². The van der Waals surface area contributed by atoms with Crippen LogP contribution in [0.4, 0.5) is 13.2 Å². The van der Waals surface area contributed by atoms with Crippen LogP contribution in [-0.4, -0.2) is 48.0 Å². The molecule has 1 N–H and O–H groups in total. The molecule has 0 unspecified atom stereocenters. The number of carbonyl (C=O) groups is 3. The summed E-state index contributed by atoms with van der Waals surface area (Å²) in [4.78, 5) is 36.1. The number of benzene rings is 2. The van der Waals surface area contributed by atoms with Gasteiger partial charge in [0.2, 0.25) is 5.91 Å². The third-order valence-corrected chi connectivity index (χ3v) is 4.78. The van der Waals surface area contributed by atoms with Crippen molar-refractivity contribution in [2.75, 3.05) is 13.2 Å². The van der Waals surface area contributed by atoms with Crippen LogP contribution in [0.15, 0.2) is 59.7 Å². The molecule has 0 saturated carbocycles. The van der Waals surface area contributed by atoms with Gasteiger partial charge in [0.05, 0.1) is 18.7 Å². The number of hydrogen-bond acceptors (Lipinski definition) is 6. The Labute approximate surface area is 193 Å². The normalized spacial score (nSPS) is 13.3. The maximum absolute atomic E-state index is 12.5. The number of hydrazone groups is 1. The van der Waals surface area contributed by atoms with Gasteiger partial charge in [0.1, 0.15) is 5.75 Å². The van der Waals surface area contributed by atoms with Crippen LogP contribution < -0.4 is 10.1 Å². The van der Waals surface area contributed by atoms with Crippen LogP contribution in [0.25, 0.3) is 0 Å². The minimum Gasteiger partial charge on any atom is -0.456 e. The Hall–Kier alpha value is -3.89. The molecule has 0 bridgehead atoms. The monoisotopic (exact) mass is 477 g/mol. The molecule has 1 heterocycles. The number of hydrogen-bond donors (Lipinski definition) is 1. The Morgan fingerprint density at radius 2 is 1.71 bits per heavy atom. The van der Waals surface area contributed by atoms with Gasteiger partial charge in [-0.05, 0) is 11.6 Å². The Balaban J connectivity index is 1.38. The maximum atomic E-state index is 12.5. The molecular weight excluding hydrogens is 455 g/mol. The smallest absolute Gasteiger partial charge is 0.456 e. The van der Waals surface area contributed by atoms with Crippen molar-refractivity contribution < 1.29 is 37.0 Å². The first-order valence-electron chi connectivity index (χ1n) is 10.4. The molecule has 180 valence electrons. The molecule has 0 fully saturated rings. The highest BCUT2D eigenvalue weighted by atomic mass is 19.4. The van der Waals surface area contributed by atoms with Crippen molar-refractivity contribution in [1.82, 2.24) is 10.3 Å². The van der Waals surface area contributed by atoms with Crippen LogP contribution in [0.2, 0.25) is 0 Å². The number of amides is 2. The summed E-state index contributed by atoms with van der Waals surface area (Å²) in [6.45, 7) is -0.465. The summed E-state index contributed by atoms with van der Waals surface area (Å²) in [5.41, 5.74) is 1.82. The predicted octanol–water partition coefficient (Wildman–Crippen LogP) is 3.16. The molecular formula is C23H22F3N3O5. The minimum absolute atomic E-state index is 0.103. The van der Waals surface area contributed by atoms with Crippen LogP contribution in [-0.2, 0) is 25.7 Å². The quantitative estimate of drug-likeness (QED) is 0.560. The Bertz CT molecular complexity index is 1060. The summed E-state index contributed by atoms with van der Waals surface area (Å²) in [7, 11) is 0. The SMILES string of the molecule is O=C(COC(=O)CCC(=O)N1CCC(c2ccccc2)=N1)NCc1ccccc1OC(F)(F)F. The molecule has 2 aromatic carbocycles. The van der Waals surface area contributed by atoms with E-state index in [2.05, 4.69) is 15.2 Å². The molecule has 2 aromatic rings. The number of nitrogens with zero attached hydrogens (tertiary/aromatic N) is 2. The molecule has 11 heteroatoms. The fourth-order valence-electron chi connectivity index (χ4n) is 3.15. The number of esters is 1. The average molecular weight is 477 g/mol. The molecule has 0 aromatic heterocycles. The molecule has 0 aliphatic carbocycles. The number of para-hydroxylation sites is 1. The van der Waals surface area contributed by atoms with Crippen LogP contribution in [0, 0.1) is 0 Å². The highest BCUT2D eigenvalue weighted by molar-refractivity contribution is 6.02. The van der Waals surface area contributed by atoms with Crippen molar-refractivity contribution in [3.05, 3.63) is 65.7 Å². The van der Waals surface area contributed by atoms with Gasteiger partial charge in [-0.3, -0.25) is 14.4 Å². The second-order valence-electron chi connectivity index (χ2n) is 7.27. The van der Waals surface area contributed by atoms with E-state index in [4.69, 9.17) is 4.74 Å². The van der Waals surface area contributed by atoms with Gasteiger partial charge >= 0.3 is 12.3 Å². The average Bonchev–Trinajstić information content (AvgIpc) is 3.31. The molecule has 0 radical (unpaired) electrons. The van der Waals surface area contributed by atoms with Crippen molar-refractivity contribution >= 4 is 23.5 Å². The first kappa shape index (κ1) is 24.7. The van der Waals surface area contributed by atoms with Crippen molar-refractivity contribution in [2.24, 2.45) is 5.10 Å². The van der Waals surface area contributed by atoms with E-state index >= 15 is 0 Å². The lowest BCUT2D eigenvalue weighted by atomic mass is 10.1. The lowest BCUT2D eigenvalue weighted by Gasteiger charge is -2.13. The third-order valence-electron chi connectivity index (χ3n) is 4.78. The lowest BCUT2D eigenvalue weighted by Crippen LogP contribution is -2.29. The standard InChI is InChI=1S/C23H22F3N3O5/c24-23(25,26)34-19-9-5-4-8-17(19)14-27-20(30)15-33-22(32)11-10-21(31)29-13-12-18(28-29)16-6-2-1-3-7-16/h1-9H,10-15H2,(H,27,30). The van der Waals surface area contributed by atoms with Gasteiger partial charge in [0.25, 0.3) is 5.91 Å². The number of halogens is 3. The van der Waals surface area contributed by atoms with E-state index in [1.54, 1.807) is 0 Å². The zero-order valence-corrected chi connectivity index (χ0v) is 18.0. The van der Waals surface area contributed by atoms with Crippen LogP contribution in [0.1, 0.15) is 30.4 Å². The van der Waals surface area contributed by atoms with Gasteiger partial charge < -0.3 is 14.8 Å². The zero-order valence-electron chi connectivity index (χ0n) is 18.0. The molecule has 0 spiro atoms. The van der Waals surface area contributed by atoms with Gasteiger partial charge in [-0.25, -0.2) is 5.01 Å². The van der Waals surface area contributed by atoms with Gasteiger partial charge in [0.15, 0.2) is 6.61 Å². The van der Waals surface area contributed by atoms with Crippen LogP contribution >= 0.6 is 0 Å². The van der Waals surface area contributed by atoms with E-state index in [-0.39, 0.29) is 30.9 Å². The van der Waals surface area contributed by atoms with E-state index in [1.807, 2.05) is 30.3 Å². The summed E-state index contributed by atoms with van der Waals surface area (Å²) < 4.78 is 46.1. The number of nitrogens with one attached hydrogen (secondary N) is 1. The molecule has 0 saturated heterocycles. The number of ether oxygens (including phenoxy) is 2. The van der Waals surface area contributed by atoms with E-state index in [9.17, 15) is 27.6 Å². The van der Waals surface area contributed by atoms with Crippen molar-refractivity contribution in [3.8, 4) is 5.75 Å². The number of alkyl halides is 3. The van der Waals surface area contributed by atoms with Crippen LogP contribution in [0.5, 0.6) is 5.75 Å². The summed E-state index contributed by atoms with van der Waals surface area (Å²) in [5.74, 6) is -2.24. The summed E-state index contributed by atoms with van der Waals surface area (Å²) >= 11 is 0. The maximum Gasteiger partial charge on any atom is 0.573 e. The second kappa shape index (κ2) is 11.3. The predicted molar refractivity (Wildman–Crippen MR) is 114 cm³/mol. The molecule has 8 nitrogen and oxygen atoms in total. The van der Waals surface area contributed by atoms with Gasteiger partial charge in [0, 0.05) is 24.9 Å². The highest BCUT2D eigenvalue weighted by Crippen LogP contribution is 2.26. The Kier molecular flexibility index (Phi) is 8.23. The molecule has 1 aliphatic heterocycles. The van der Waals surface area contributed by atoms with Gasteiger partial charge in [-0.15, -0.1) is 13.2 Å². The first-order valence-corrected chi connectivity index (χ1v) is 10.4. The molecule has 34 heavy (non-hydrogen) atoms. The van der Waals surface area contributed by atoms with E-state index in [1.165, 1.54) is 23.2 Å². The van der Waals surface area contributed by atoms with Crippen molar-refractivity contribution in [3.63, 3.8) is 0 Å². The lowest BCUT2D eigenvalue weighted by molar-refractivity contribution is -0.274. The molecule has 2 amide bonds. The van der Waals surface area contributed by atoms with Crippen molar-refractivity contribution in [2.45, 2.75) is 32.2 Å². The van der Waals surface area contributed by atoms with E-state index in [0.717, 1.165) is 17.3 Å². The Morgan fingerprint density at radius 3 is 2.44 bits per heavy atom. The van der Waals surface area contributed by atoms with Crippen LogP contribution in [0.3, 0.4) is 0 Å². The number of carbonyl (C=O) groups excluding carboxylic acids is 3. The molecule has 3 rings (SSSR count). The summed E-state index contributed by atoms with van der Waals surface area (Å²) in [6.07, 6.45) is -4.62. The Morgan fingerprint density at radius 1 is 1.00 bits per heavy atom. The molecule has 0 atom stereocenters. The topological polar surface area (TPSA) is 97.3 Å². The second-order valence-corrected chi connectivity index (χ2v) is 7.27. The highest BCUT2D eigenvalue weighted by Gasteiger charge is 2.32. The summed E-state index contributed by atoms with van der Waals surface area (Å²) in [5, 5.41) is 7.96. The number of rotatable bonds is 9.